The topological polar surface area (TPSA) is 499 Å². The highest BCUT2D eigenvalue weighted by molar-refractivity contribution is 6.63. The van der Waals surface area contributed by atoms with Gasteiger partial charge in [0.25, 0.3) is 0 Å². The van der Waals surface area contributed by atoms with Gasteiger partial charge in [-0.3, -0.25) is 24.3 Å². The predicted molar refractivity (Wildman–Crippen MR) is 572 cm³/mol. The Balaban J connectivity index is -0.000000308. The van der Waals surface area contributed by atoms with Crippen LogP contribution in [0.2, 0.25) is 54.4 Å². The Morgan fingerprint density at radius 1 is 0.229 bits per heavy atom. The molecule has 0 atom stereocenters. The normalized spacial score (nSPS) is 12.5. The van der Waals surface area contributed by atoms with Crippen molar-refractivity contribution in [3.63, 3.8) is 0 Å². The standard InChI is InChI=1S/C18H44N2O8Si2.C14H35NO7Si2.C13H29NO5Si.C13H31NO5Si.C12H30O7Si2.C9H23NO4Si.C8H18O5Si/c1-23-29(24-2,25-3)17-7-9-19(13-15-21)11-12-20(14-16-22)10-8-18-30(26-4,27-5)28-6;1-17-23(18-2,19-3)13-7-9-15(11-12-16)10-8-14-24(20-4,21-5)22-6;1-4-17-20(18-5-2,19-6-3)12-8-10-14-13(16)9-7-11-15;1-4-17-20(18-5-2,19-6-3)13-7-8-14(9-11-15)10-12-16;1-7-16-20(17-8-2,18-9-3)12-10-11-19-21(13-4,14-5)15-6;1-10(7-8-11)6-5-9-15(12-2,13-3)14-4;1-8(9)13-6-5-7-14(10-2,11-3)12-4/h21-22H,7-18H2,1-6H3;16H,7-14H2,1-6H3;15H,4-12H2,1-3H3,(H,14,16);15-16H,4-13H2,1-3H3;7-12H2,1-6H3;11H,5-9H2,1-4H3;5-7H2,1-4H3. The van der Waals surface area contributed by atoms with Crippen molar-refractivity contribution in [2.24, 2.45) is 0 Å². The minimum atomic E-state index is -2.98. The molecular formula is C87H210N6O41Si10. The molecule has 0 rings (SSSR count). The van der Waals surface area contributed by atoms with E-state index in [1.54, 1.807) is 128 Å². The van der Waals surface area contributed by atoms with E-state index in [4.69, 9.17) is 162 Å². The molecule has 874 valence electrons. The largest absolute Gasteiger partial charge is 0.678 e. The number of amides is 1. The smallest absolute Gasteiger partial charge is 0.466 e. The van der Waals surface area contributed by atoms with E-state index < -0.39 is 88.3 Å². The molecule has 0 aliphatic rings. The van der Waals surface area contributed by atoms with Crippen molar-refractivity contribution < 1.29 is 187 Å². The van der Waals surface area contributed by atoms with Crippen molar-refractivity contribution in [3.8, 4) is 0 Å². The maximum absolute atomic E-state index is 11.4. The minimum Gasteiger partial charge on any atom is -0.466 e. The molecule has 0 saturated carbocycles. The van der Waals surface area contributed by atoms with Gasteiger partial charge in [0, 0.05) is 349 Å². The lowest BCUT2D eigenvalue weighted by Crippen LogP contribution is -2.48. The van der Waals surface area contributed by atoms with E-state index in [9.17, 15) is 24.9 Å². The molecule has 0 radical (unpaired) electrons. The summed E-state index contributed by atoms with van der Waals surface area (Å²) in [5.74, 6) is -0.305. The summed E-state index contributed by atoms with van der Waals surface area (Å²) in [5.41, 5.74) is 0. The summed E-state index contributed by atoms with van der Waals surface area (Å²) in [6.45, 7) is 36.4. The lowest BCUT2D eigenvalue weighted by Gasteiger charge is -2.29. The van der Waals surface area contributed by atoms with Gasteiger partial charge in [-0.1, -0.05) is 0 Å². The molecule has 1 amide bonds. The van der Waals surface area contributed by atoms with Crippen molar-refractivity contribution >= 4 is 100 Å². The fourth-order valence-electron chi connectivity index (χ4n) is 14.4. The maximum atomic E-state index is 11.4. The van der Waals surface area contributed by atoms with Gasteiger partial charge in [-0.25, -0.2) is 0 Å². The molecule has 0 aliphatic heterocycles. The minimum absolute atomic E-state index is 0.0319. The van der Waals surface area contributed by atoms with Crippen LogP contribution in [0.3, 0.4) is 0 Å². The van der Waals surface area contributed by atoms with Crippen LogP contribution in [-0.2, 0) is 152 Å². The van der Waals surface area contributed by atoms with Crippen LogP contribution in [0.25, 0.3) is 0 Å². The van der Waals surface area contributed by atoms with Gasteiger partial charge in [0.1, 0.15) is 0 Å². The summed E-state index contributed by atoms with van der Waals surface area (Å²) in [7, 11) is 9.67. The molecule has 0 aromatic rings. The number of nitrogens with one attached hydrogen (secondary N) is 1. The number of hydrogen-bond acceptors (Lipinski definition) is 46. The van der Waals surface area contributed by atoms with Crippen molar-refractivity contribution in [1.82, 2.24) is 29.8 Å². The van der Waals surface area contributed by atoms with Crippen LogP contribution in [0.5, 0.6) is 0 Å². The van der Waals surface area contributed by atoms with E-state index in [2.05, 4.69) is 24.9 Å². The van der Waals surface area contributed by atoms with Crippen molar-refractivity contribution in [2.45, 2.75) is 194 Å². The van der Waals surface area contributed by atoms with Crippen LogP contribution in [0.1, 0.15) is 140 Å². The Hall–Kier alpha value is -0.611. The number of ether oxygens (including phenoxy) is 1. The summed E-state index contributed by atoms with van der Waals surface area (Å²) >= 11 is 0. The van der Waals surface area contributed by atoms with E-state index in [0.29, 0.717) is 156 Å². The molecule has 0 unspecified atom stereocenters. The first-order valence-electron chi connectivity index (χ1n) is 50.3. The van der Waals surface area contributed by atoms with Crippen LogP contribution in [-0.4, -0.2) is 534 Å². The molecule has 0 fully saturated rings. The average Bonchev–Trinajstić information content (AvgIpc) is 0.859. The summed E-state index contributed by atoms with van der Waals surface area (Å²) in [5, 5.41) is 66.3. The Kier molecular flexibility index (Phi) is 112. The number of aliphatic hydroxyl groups excluding tert-OH is 7. The first kappa shape index (κ1) is 156. The van der Waals surface area contributed by atoms with Gasteiger partial charge in [-0.15, -0.1) is 0 Å². The van der Waals surface area contributed by atoms with E-state index in [1.165, 1.54) is 28.3 Å². The van der Waals surface area contributed by atoms with Crippen LogP contribution in [0, 0.1) is 0 Å². The van der Waals surface area contributed by atoms with Gasteiger partial charge in [-0.05, 0) is 173 Å². The van der Waals surface area contributed by atoms with E-state index in [-0.39, 0.29) is 58.1 Å². The zero-order valence-electron chi connectivity index (χ0n) is 95.2. The second-order valence-electron chi connectivity index (χ2n) is 31.1. The first-order chi connectivity index (χ1) is 69.1. The number of carbonyl (C=O) groups excluding carboxylic acids is 2. The van der Waals surface area contributed by atoms with Gasteiger partial charge >= 0.3 is 94.3 Å². The monoisotopic (exact) mass is 2280 g/mol. The molecule has 0 bridgehead atoms. The van der Waals surface area contributed by atoms with Gasteiger partial charge in [0.2, 0.25) is 5.91 Å². The number of rotatable bonds is 94. The number of hydrogen-bond donors (Lipinski definition) is 8. The third-order valence-electron chi connectivity index (χ3n) is 22.1. The quantitative estimate of drug-likeness (QED) is 0.0204. The zero-order chi connectivity index (χ0) is 111. The summed E-state index contributed by atoms with van der Waals surface area (Å²) in [4.78, 5) is 32.6. The maximum Gasteiger partial charge on any atom is 0.678 e. The third-order valence-corrected chi connectivity index (χ3v) is 50.6. The molecule has 0 aliphatic carbocycles. The third kappa shape index (κ3) is 75.3. The molecule has 57 heteroatoms. The summed E-state index contributed by atoms with van der Waals surface area (Å²) in [6, 6.07) is 6.50. The van der Waals surface area contributed by atoms with Crippen molar-refractivity contribution in [3.05, 3.63) is 0 Å². The fourth-order valence-corrected chi connectivity index (χ4v) is 33.6. The lowest BCUT2D eigenvalue weighted by atomic mass is 10.3. The average molecular weight is 2280 g/mol. The Bertz CT molecular complexity index is 2540. The van der Waals surface area contributed by atoms with E-state index >= 15 is 0 Å². The zero-order valence-corrected chi connectivity index (χ0v) is 105. The second kappa shape index (κ2) is 103. The molecular weight excluding hydrogens is 2070 g/mol. The van der Waals surface area contributed by atoms with Crippen LogP contribution < -0.4 is 5.32 Å². The summed E-state index contributed by atoms with van der Waals surface area (Å²) < 4.78 is 175. The number of likely N-dealkylation sites (N-methyl/N-ethyl adjacent to an activating group) is 1. The number of carbonyl (C=O) groups is 2. The molecule has 47 nitrogen and oxygen atoms in total. The van der Waals surface area contributed by atoms with E-state index in [0.717, 1.165) is 140 Å². The molecule has 0 aromatic carbocycles. The van der Waals surface area contributed by atoms with Crippen molar-refractivity contribution in [2.75, 3.05) is 373 Å². The molecule has 144 heavy (non-hydrogen) atoms. The molecule has 0 spiro atoms. The molecule has 0 saturated heterocycles. The Morgan fingerprint density at radius 2 is 0.438 bits per heavy atom. The highest BCUT2D eigenvalue weighted by Crippen LogP contribution is 2.26. The number of nitrogens with zero attached hydrogens (tertiary/aromatic N) is 5. The van der Waals surface area contributed by atoms with E-state index in [1.807, 2.05) is 74.3 Å². The number of esters is 1. The van der Waals surface area contributed by atoms with Gasteiger partial charge in [0.15, 0.2) is 0 Å². The van der Waals surface area contributed by atoms with Crippen LogP contribution in [0.15, 0.2) is 0 Å². The predicted octanol–water partition coefficient (Wildman–Crippen LogP) is 5.77. The first-order valence-corrected chi connectivity index (χ1v) is 69.3. The van der Waals surface area contributed by atoms with Gasteiger partial charge < -0.3 is 193 Å². The van der Waals surface area contributed by atoms with Crippen LogP contribution >= 0.6 is 0 Å². The molecule has 0 heterocycles. The van der Waals surface area contributed by atoms with Crippen LogP contribution in [0.4, 0.5) is 0 Å². The Labute approximate surface area is 880 Å². The summed E-state index contributed by atoms with van der Waals surface area (Å²) in [6.07, 6.45) is 8.30. The lowest BCUT2D eigenvalue weighted by molar-refractivity contribution is -0.141. The highest BCUT2D eigenvalue weighted by Gasteiger charge is 2.47. The van der Waals surface area contributed by atoms with Gasteiger partial charge in [0.05, 0.1) is 46.2 Å². The SMILES string of the molecule is CCO[Si](CCCN(CCO)CCO)(OCC)OCC.CCO[Si](CCCNC(=O)CCCO)(OCC)OCC.CCO[Si](CCCO[Si](OC)(OC)OC)(OCC)OCC.CO[Si](CCCN(C)CCO)(OC)OC.CO[Si](CCCN(CCO)CCC[Si](OC)(OC)OC)(OC)OC.CO[Si](CCCN(CCO)CCN(CCO)CCC[Si](OC)(OC)OC)(OC)OC.CO[Si](CCCOC(C)=O)(OC)OC. The fraction of sp³-hybridized carbons (Fsp3) is 0.977. The highest BCUT2D eigenvalue weighted by atomic mass is 28.4. The second-order valence-corrected chi connectivity index (χ2v) is 60.4. The van der Waals surface area contributed by atoms with Gasteiger partial charge in [-0.2, -0.15) is 0 Å². The van der Waals surface area contributed by atoms with Crippen molar-refractivity contribution in [1.29, 1.82) is 0 Å². The molecule has 0 aromatic heterocycles. The number of aliphatic hydroxyl groups is 7. The Morgan fingerprint density at radius 3 is 0.660 bits per heavy atom. The molecule has 8 N–H and O–H groups in total.